The van der Waals surface area contributed by atoms with Crippen molar-refractivity contribution in [2.24, 2.45) is 5.73 Å². The summed E-state index contributed by atoms with van der Waals surface area (Å²) in [6.45, 7) is 0.939. The number of fused-ring (bicyclic) bond motifs is 1. The zero-order chi connectivity index (χ0) is 18.5. The van der Waals surface area contributed by atoms with Crippen LogP contribution >= 0.6 is 0 Å². The van der Waals surface area contributed by atoms with Crippen molar-refractivity contribution in [2.75, 3.05) is 19.5 Å². The lowest BCUT2D eigenvalue weighted by Gasteiger charge is -2.24. The summed E-state index contributed by atoms with van der Waals surface area (Å²) in [5.41, 5.74) is 10.5. The molecule has 1 saturated heterocycles. The molecule has 0 radical (unpaired) electrons. The van der Waals surface area contributed by atoms with Crippen LogP contribution in [-0.4, -0.2) is 67.4 Å². The number of aromatic nitrogens is 3. The monoisotopic (exact) mass is 352 g/mol. The maximum absolute atomic E-state index is 10.3. The van der Waals surface area contributed by atoms with Gasteiger partial charge in [0, 0.05) is 6.20 Å². The van der Waals surface area contributed by atoms with Gasteiger partial charge >= 0.3 is 0 Å². The van der Waals surface area contributed by atoms with Crippen LogP contribution in [-0.2, 0) is 9.47 Å². The number of methoxy groups -OCH3 is 1. The number of nitrogens with one attached hydrogen (secondary N) is 1. The van der Waals surface area contributed by atoms with Crippen LogP contribution in [0.5, 0.6) is 0 Å². The first-order valence-electron chi connectivity index (χ1n) is 7.44. The molecule has 0 unspecified atom stereocenters. The molecule has 0 saturated carbocycles. The van der Waals surface area contributed by atoms with Crippen molar-refractivity contribution >= 4 is 22.7 Å². The Kier molecular flexibility index (Phi) is 4.13. The summed E-state index contributed by atoms with van der Waals surface area (Å²) >= 11 is 0. The SMILES string of the molecule is COC(=N)c1cn([C@@H]2O[C@](N)(CO)[C@@H](O)[C@H]2O)c2nc(C)nc(N)c12. The fourth-order valence-electron chi connectivity index (χ4n) is 2.93. The second-order valence-electron chi connectivity index (χ2n) is 5.89. The Morgan fingerprint density at radius 1 is 1.48 bits per heavy atom. The maximum atomic E-state index is 10.3. The highest BCUT2D eigenvalue weighted by Gasteiger charge is 2.53. The number of rotatable bonds is 3. The van der Waals surface area contributed by atoms with Crippen LogP contribution in [0, 0.1) is 12.3 Å². The quantitative estimate of drug-likeness (QED) is 0.273. The fourth-order valence-corrected chi connectivity index (χ4v) is 2.93. The number of aryl methyl sites for hydroxylation is 1. The summed E-state index contributed by atoms with van der Waals surface area (Å²) in [4.78, 5) is 8.38. The lowest BCUT2D eigenvalue weighted by molar-refractivity contribution is -0.123. The van der Waals surface area contributed by atoms with E-state index >= 15 is 0 Å². The van der Waals surface area contributed by atoms with Gasteiger partial charge in [0.25, 0.3) is 0 Å². The minimum atomic E-state index is -1.83. The van der Waals surface area contributed by atoms with Crippen molar-refractivity contribution in [1.29, 1.82) is 5.41 Å². The molecule has 1 aliphatic rings. The van der Waals surface area contributed by atoms with Gasteiger partial charge in [-0.2, -0.15) is 0 Å². The number of nitrogen functional groups attached to an aromatic ring is 1. The van der Waals surface area contributed by atoms with Crippen molar-refractivity contribution < 1.29 is 24.8 Å². The molecule has 25 heavy (non-hydrogen) atoms. The Bertz CT molecular complexity index is 839. The zero-order valence-electron chi connectivity index (χ0n) is 13.7. The van der Waals surface area contributed by atoms with E-state index in [1.807, 2.05) is 0 Å². The smallest absolute Gasteiger partial charge is 0.215 e. The molecule has 2 aromatic heterocycles. The molecule has 11 nitrogen and oxygen atoms in total. The fraction of sp³-hybridized carbons (Fsp3) is 0.500. The minimum absolute atomic E-state index is 0.132. The van der Waals surface area contributed by atoms with Crippen molar-refractivity contribution in [3.8, 4) is 0 Å². The van der Waals surface area contributed by atoms with Gasteiger partial charge in [0.05, 0.1) is 24.7 Å². The average molecular weight is 352 g/mol. The number of nitrogens with two attached hydrogens (primary N) is 2. The van der Waals surface area contributed by atoms with Crippen LogP contribution in [0.15, 0.2) is 6.20 Å². The van der Waals surface area contributed by atoms with E-state index < -0.39 is 30.8 Å². The molecule has 1 aliphatic heterocycles. The summed E-state index contributed by atoms with van der Waals surface area (Å²) in [5, 5.41) is 38.1. The second-order valence-corrected chi connectivity index (χ2v) is 5.89. The third-order valence-electron chi connectivity index (χ3n) is 4.24. The Hall–Kier alpha value is -2.31. The normalized spacial score (nSPS) is 29.3. The largest absolute Gasteiger partial charge is 0.481 e. The highest BCUT2D eigenvalue weighted by molar-refractivity contribution is 6.08. The van der Waals surface area contributed by atoms with Gasteiger partial charge in [-0.1, -0.05) is 0 Å². The van der Waals surface area contributed by atoms with E-state index in [2.05, 4.69) is 9.97 Å². The molecule has 8 N–H and O–H groups in total. The Morgan fingerprint density at radius 2 is 2.16 bits per heavy atom. The van der Waals surface area contributed by atoms with Crippen molar-refractivity contribution in [3.63, 3.8) is 0 Å². The molecule has 0 aromatic carbocycles. The van der Waals surface area contributed by atoms with Gasteiger partial charge in [0.2, 0.25) is 5.90 Å². The van der Waals surface area contributed by atoms with E-state index in [-0.39, 0.29) is 17.4 Å². The van der Waals surface area contributed by atoms with Gasteiger partial charge in [-0.3, -0.25) is 11.1 Å². The lowest BCUT2D eigenvalue weighted by atomic mass is 10.1. The van der Waals surface area contributed by atoms with E-state index in [4.69, 9.17) is 26.4 Å². The van der Waals surface area contributed by atoms with Gasteiger partial charge in [-0.15, -0.1) is 0 Å². The van der Waals surface area contributed by atoms with Gasteiger partial charge in [0.1, 0.15) is 29.5 Å². The summed E-state index contributed by atoms with van der Waals surface area (Å²) < 4.78 is 11.8. The van der Waals surface area contributed by atoms with Crippen LogP contribution in [0.25, 0.3) is 11.0 Å². The molecule has 3 heterocycles. The number of ether oxygens (including phenoxy) is 2. The van der Waals surface area contributed by atoms with Gasteiger partial charge in [-0.05, 0) is 6.92 Å². The van der Waals surface area contributed by atoms with E-state index in [1.165, 1.54) is 17.9 Å². The number of anilines is 1. The topological polar surface area (TPSA) is 186 Å². The third kappa shape index (κ3) is 2.53. The highest BCUT2D eigenvalue weighted by Crippen LogP contribution is 2.37. The van der Waals surface area contributed by atoms with Gasteiger partial charge in [-0.25, -0.2) is 9.97 Å². The molecule has 0 bridgehead atoms. The second kappa shape index (κ2) is 5.89. The number of aliphatic hydroxyl groups excluding tert-OH is 3. The molecule has 1 fully saturated rings. The van der Waals surface area contributed by atoms with E-state index in [1.54, 1.807) is 6.92 Å². The number of hydrogen-bond acceptors (Lipinski definition) is 10. The molecule has 0 aliphatic carbocycles. The Labute approximate surface area is 142 Å². The number of nitrogens with zero attached hydrogens (tertiary/aromatic N) is 3. The Balaban J connectivity index is 2.22. The minimum Gasteiger partial charge on any atom is -0.481 e. The van der Waals surface area contributed by atoms with E-state index in [0.29, 0.717) is 16.8 Å². The predicted molar refractivity (Wildman–Crippen MR) is 86.7 cm³/mol. The molecule has 11 heteroatoms. The molecular formula is C14H20N6O5. The molecular weight excluding hydrogens is 332 g/mol. The maximum Gasteiger partial charge on any atom is 0.215 e. The first-order valence-corrected chi connectivity index (χ1v) is 7.44. The van der Waals surface area contributed by atoms with Crippen LogP contribution < -0.4 is 11.5 Å². The number of hydrogen-bond donors (Lipinski definition) is 6. The Morgan fingerprint density at radius 3 is 2.72 bits per heavy atom. The standard InChI is InChI=1S/C14H20N6O5/c1-5-18-10(15)7-6(11(16)24-2)3-20(12(7)19-5)13-8(22)9(23)14(17,4-21)25-13/h3,8-9,13,16,21-23H,4,17H2,1-2H3,(H2,15,18,19)/t8-,9+,13-,14-/m1/s1. The lowest BCUT2D eigenvalue weighted by Crippen LogP contribution is -2.54. The molecule has 4 atom stereocenters. The summed E-state index contributed by atoms with van der Waals surface area (Å²) in [6, 6.07) is 0. The van der Waals surface area contributed by atoms with Crippen LogP contribution in [0.3, 0.4) is 0 Å². The van der Waals surface area contributed by atoms with Crippen molar-refractivity contribution in [2.45, 2.75) is 31.1 Å². The molecule has 3 rings (SSSR count). The van der Waals surface area contributed by atoms with E-state index in [9.17, 15) is 15.3 Å². The predicted octanol–water partition coefficient (Wildman–Crippen LogP) is -1.81. The van der Waals surface area contributed by atoms with Crippen LogP contribution in [0.4, 0.5) is 5.82 Å². The van der Waals surface area contributed by atoms with Gasteiger partial charge in [0.15, 0.2) is 12.0 Å². The summed E-state index contributed by atoms with van der Waals surface area (Å²) in [6.07, 6.45) is -2.66. The third-order valence-corrected chi connectivity index (χ3v) is 4.24. The first-order chi connectivity index (χ1) is 11.7. The van der Waals surface area contributed by atoms with Crippen molar-refractivity contribution in [3.05, 3.63) is 17.6 Å². The number of aliphatic hydroxyl groups is 3. The molecule has 0 amide bonds. The molecule has 2 aromatic rings. The highest BCUT2D eigenvalue weighted by atomic mass is 16.6. The van der Waals surface area contributed by atoms with E-state index in [0.717, 1.165) is 0 Å². The molecule has 0 spiro atoms. The summed E-state index contributed by atoms with van der Waals surface area (Å²) in [7, 11) is 1.33. The van der Waals surface area contributed by atoms with Crippen molar-refractivity contribution in [1.82, 2.24) is 14.5 Å². The average Bonchev–Trinajstić information content (AvgIpc) is 3.06. The van der Waals surface area contributed by atoms with Crippen LogP contribution in [0.1, 0.15) is 17.6 Å². The zero-order valence-corrected chi connectivity index (χ0v) is 13.7. The molecule has 136 valence electrons. The van der Waals surface area contributed by atoms with Crippen LogP contribution in [0.2, 0.25) is 0 Å². The van der Waals surface area contributed by atoms with Gasteiger partial charge < -0.3 is 35.1 Å². The first kappa shape index (κ1) is 17.5. The summed E-state index contributed by atoms with van der Waals surface area (Å²) in [5.74, 6) is 0.318.